The van der Waals surface area contributed by atoms with Gasteiger partial charge in [-0.3, -0.25) is 4.79 Å². The molecule has 0 aromatic heterocycles. The molecular weight excluding hydrogens is 230 g/mol. The third-order valence-corrected chi connectivity index (χ3v) is 2.29. The van der Waals surface area contributed by atoms with Crippen molar-refractivity contribution in [1.82, 2.24) is 0 Å². The molecule has 0 bridgehead atoms. The van der Waals surface area contributed by atoms with E-state index >= 15 is 0 Å². The molecule has 0 radical (unpaired) electrons. The van der Waals surface area contributed by atoms with Gasteiger partial charge in [0.1, 0.15) is 0 Å². The van der Waals surface area contributed by atoms with E-state index < -0.39 is 5.97 Å². The monoisotopic (exact) mass is 249 g/mol. The number of ether oxygens (including phenoxy) is 1. The normalized spacial score (nSPS) is 10.2. The van der Waals surface area contributed by atoms with Gasteiger partial charge in [0.05, 0.1) is 17.9 Å². The number of carbonyl (C=O) groups is 2. The molecule has 0 saturated heterocycles. The third kappa shape index (κ3) is 4.20. The van der Waals surface area contributed by atoms with Gasteiger partial charge >= 0.3 is 5.97 Å². The summed E-state index contributed by atoms with van der Waals surface area (Å²) >= 11 is 0. The van der Waals surface area contributed by atoms with Crippen molar-refractivity contribution in [3.8, 4) is 0 Å². The Bertz CT molecular complexity index is 427. The number of amides is 1. The lowest BCUT2D eigenvalue weighted by Crippen LogP contribution is -2.17. The molecule has 0 atom stereocenters. The van der Waals surface area contributed by atoms with E-state index in [-0.39, 0.29) is 11.8 Å². The van der Waals surface area contributed by atoms with Crippen molar-refractivity contribution in [3.63, 3.8) is 0 Å². The maximum atomic E-state index is 11.7. The van der Waals surface area contributed by atoms with Gasteiger partial charge in [0.15, 0.2) is 0 Å². The lowest BCUT2D eigenvalue weighted by molar-refractivity contribution is -0.116. The zero-order valence-electron chi connectivity index (χ0n) is 11.0. The minimum Gasteiger partial charge on any atom is -0.462 e. The highest BCUT2D eigenvalue weighted by molar-refractivity contribution is 6.01. The van der Waals surface area contributed by atoms with Gasteiger partial charge in [0, 0.05) is 6.42 Å². The van der Waals surface area contributed by atoms with Crippen molar-refractivity contribution in [2.24, 2.45) is 5.92 Å². The molecular formula is C14H19NO3. The maximum absolute atomic E-state index is 11.7. The van der Waals surface area contributed by atoms with Crippen molar-refractivity contribution in [1.29, 1.82) is 0 Å². The zero-order chi connectivity index (χ0) is 13.5. The van der Waals surface area contributed by atoms with Crippen LogP contribution in [0.5, 0.6) is 0 Å². The Morgan fingerprint density at radius 3 is 2.56 bits per heavy atom. The SMILES string of the molecule is CCOC(=O)c1ccccc1NC(=O)CC(C)C. The van der Waals surface area contributed by atoms with E-state index in [1.165, 1.54) is 0 Å². The molecule has 0 aliphatic rings. The molecule has 18 heavy (non-hydrogen) atoms. The number of carbonyl (C=O) groups excluding carboxylic acids is 2. The van der Waals surface area contributed by atoms with Gasteiger partial charge < -0.3 is 10.1 Å². The van der Waals surface area contributed by atoms with Crippen LogP contribution in [0, 0.1) is 5.92 Å². The highest BCUT2D eigenvalue weighted by Gasteiger charge is 2.14. The molecule has 4 heteroatoms. The number of hydrogen-bond donors (Lipinski definition) is 1. The second kappa shape index (κ2) is 6.79. The summed E-state index contributed by atoms with van der Waals surface area (Å²) in [5.74, 6) is -0.237. The summed E-state index contributed by atoms with van der Waals surface area (Å²) in [5.41, 5.74) is 0.887. The van der Waals surface area contributed by atoms with Crippen LogP contribution in [0.3, 0.4) is 0 Å². The molecule has 0 spiro atoms. The molecule has 0 fully saturated rings. The Balaban J connectivity index is 2.82. The minimum atomic E-state index is -0.419. The number of anilines is 1. The first kappa shape index (κ1) is 14.2. The summed E-state index contributed by atoms with van der Waals surface area (Å²) in [5, 5.41) is 2.74. The average molecular weight is 249 g/mol. The number of esters is 1. The molecule has 0 aliphatic heterocycles. The van der Waals surface area contributed by atoms with Crippen molar-refractivity contribution in [3.05, 3.63) is 29.8 Å². The molecule has 0 saturated carbocycles. The van der Waals surface area contributed by atoms with E-state index in [1.807, 2.05) is 13.8 Å². The Labute approximate surface area is 107 Å². The zero-order valence-corrected chi connectivity index (χ0v) is 11.0. The number of para-hydroxylation sites is 1. The van der Waals surface area contributed by atoms with Gasteiger partial charge in [-0.05, 0) is 25.0 Å². The molecule has 0 aliphatic carbocycles. The Morgan fingerprint density at radius 2 is 1.94 bits per heavy atom. The van der Waals surface area contributed by atoms with Gasteiger partial charge in [-0.1, -0.05) is 26.0 Å². The third-order valence-electron chi connectivity index (χ3n) is 2.29. The van der Waals surface area contributed by atoms with Crippen LogP contribution in [0.2, 0.25) is 0 Å². The Morgan fingerprint density at radius 1 is 1.28 bits per heavy atom. The number of hydrogen-bond acceptors (Lipinski definition) is 3. The van der Waals surface area contributed by atoms with E-state index in [2.05, 4.69) is 5.32 Å². The van der Waals surface area contributed by atoms with Crippen LogP contribution in [0.4, 0.5) is 5.69 Å². The van der Waals surface area contributed by atoms with Gasteiger partial charge in [-0.25, -0.2) is 4.79 Å². The van der Waals surface area contributed by atoms with Crippen LogP contribution >= 0.6 is 0 Å². The van der Waals surface area contributed by atoms with E-state index in [1.54, 1.807) is 31.2 Å². The van der Waals surface area contributed by atoms with E-state index in [0.717, 1.165) is 0 Å². The summed E-state index contributed by atoms with van der Waals surface area (Å²) in [6.45, 7) is 6.00. The summed E-state index contributed by atoms with van der Waals surface area (Å²) in [6, 6.07) is 6.85. The lowest BCUT2D eigenvalue weighted by Gasteiger charge is -2.11. The predicted molar refractivity (Wildman–Crippen MR) is 70.5 cm³/mol. The van der Waals surface area contributed by atoms with Gasteiger partial charge in [0.25, 0.3) is 0 Å². The van der Waals surface area contributed by atoms with Crippen LogP contribution in [-0.2, 0) is 9.53 Å². The summed E-state index contributed by atoms with van der Waals surface area (Å²) in [7, 11) is 0. The minimum absolute atomic E-state index is 0.0956. The summed E-state index contributed by atoms with van der Waals surface area (Å²) < 4.78 is 4.94. The smallest absolute Gasteiger partial charge is 0.340 e. The lowest BCUT2D eigenvalue weighted by atomic mass is 10.1. The Kier molecular flexibility index (Phi) is 5.36. The maximum Gasteiger partial charge on any atom is 0.340 e. The molecule has 1 aromatic carbocycles. The topological polar surface area (TPSA) is 55.4 Å². The van der Waals surface area contributed by atoms with Crippen molar-refractivity contribution in [2.45, 2.75) is 27.2 Å². The van der Waals surface area contributed by atoms with Gasteiger partial charge in [-0.15, -0.1) is 0 Å². The highest BCUT2D eigenvalue weighted by Crippen LogP contribution is 2.17. The molecule has 1 aromatic rings. The molecule has 1 N–H and O–H groups in total. The highest BCUT2D eigenvalue weighted by atomic mass is 16.5. The first-order valence-corrected chi connectivity index (χ1v) is 6.10. The number of nitrogens with one attached hydrogen (secondary N) is 1. The number of rotatable bonds is 5. The first-order chi connectivity index (χ1) is 8.54. The van der Waals surface area contributed by atoms with Crippen LogP contribution in [-0.4, -0.2) is 18.5 Å². The fourth-order valence-electron chi connectivity index (χ4n) is 1.55. The second-order valence-electron chi connectivity index (χ2n) is 4.41. The predicted octanol–water partition coefficient (Wildman–Crippen LogP) is 2.85. The standard InChI is InChI=1S/C14H19NO3/c1-4-18-14(17)11-7-5-6-8-12(11)15-13(16)9-10(2)3/h5-8,10H,4,9H2,1-3H3,(H,15,16). The molecule has 98 valence electrons. The van der Waals surface area contributed by atoms with E-state index in [0.29, 0.717) is 24.3 Å². The van der Waals surface area contributed by atoms with Gasteiger partial charge in [0.2, 0.25) is 5.91 Å². The van der Waals surface area contributed by atoms with Crippen LogP contribution in [0.15, 0.2) is 24.3 Å². The largest absolute Gasteiger partial charge is 0.462 e. The first-order valence-electron chi connectivity index (χ1n) is 6.10. The molecule has 0 heterocycles. The molecule has 0 unspecified atom stereocenters. The van der Waals surface area contributed by atoms with Crippen LogP contribution < -0.4 is 5.32 Å². The van der Waals surface area contributed by atoms with Crippen molar-refractivity contribution < 1.29 is 14.3 Å². The fraction of sp³-hybridized carbons (Fsp3) is 0.429. The number of benzene rings is 1. The van der Waals surface area contributed by atoms with Crippen LogP contribution in [0.25, 0.3) is 0 Å². The van der Waals surface area contributed by atoms with Crippen molar-refractivity contribution >= 4 is 17.6 Å². The molecule has 1 rings (SSSR count). The summed E-state index contributed by atoms with van der Waals surface area (Å²) in [6.07, 6.45) is 0.428. The van der Waals surface area contributed by atoms with Crippen LogP contribution in [0.1, 0.15) is 37.6 Å². The molecule has 4 nitrogen and oxygen atoms in total. The van der Waals surface area contributed by atoms with E-state index in [9.17, 15) is 9.59 Å². The van der Waals surface area contributed by atoms with E-state index in [4.69, 9.17) is 4.74 Å². The summed E-state index contributed by atoms with van der Waals surface area (Å²) in [4.78, 5) is 23.4. The second-order valence-corrected chi connectivity index (χ2v) is 4.41. The molecule has 1 amide bonds. The van der Waals surface area contributed by atoms with Gasteiger partial charge in [-0.2, -0.15) is 0 Å². The Hall–Kier alpha value is -1.84. The average Bonchev–Trinajstić information content (AvgIpc) is 2.28. The van der Waals surface area contributed by atoms with Crippen molar-refractivity contribution in [2.75, 3.05) is 11.9 Å². The fourth-order valence-corrected chi connectivity index (χ4v) is 1.55. The quantitative estimate of drug-likeness (QED) is 0.816.